The molecule has 0 atom stereocenters. The third-order valence-electron chi connectivity index (χ3n) is 3.47. The van der Waals surface area contributed by atoms with E-state index in [1.54, 1.807) is 0 Å². The van der Waals surface area contributed by atoms with Crippen LogP contribution in [0.2, 0.25) is 0 Å². The molecule has 0 bridgehead atoms. The molecule has 2 heterocycles. The number of hydrogen-bond donors (Lipinski definition) is 2. The summed E-state index contributed by atoms with van der Waals surface area (Å²) in [5, 5.41) is 12.0. The number of aliphatic hydroxyl groups excluding tert-OH is 1. The van der Waals surface area contributed by atoms with Crippen molar-refractivity contribution in [3.05, 3.63) is 24.5 Å². The zero-order chi connectivity index (χ0) is 12.8. The average molecular weight is 251 g/mol. The van der Waals surface area contributed by atoms with Crippen LogP contribution in [0.25, 0.3) is 0 Å². The first-order valence-electron chi connectivity index (χ1n) is 6.54. The maximum Gasteiger partial charge on any atom is 0.317 e. The monoisotopic (exact) mass is 251 g/mol. The number of nitrogens with one attached hydrogen (secondary N) is 1. The van der Waals surface area contributed by atoms with Crippen molar-refractivity contribution < 1.29 is 9.90 Å². The summed E-state index contributed by atoms with van der Waals surface area (Å²) in [7, 11) is 0. The first kappa shape index (κ1) is 13.0. The summed E-state index contributed by atoms with van der Waals surface area (Å²) >= 11 is 0. The molecule has 1 aromatic heterocycles. The highest BCUT2D eigenvalue weighted by Gasteiger charge is 2.21. The molecule has 2 rings (SSSR count). The lowest BCUT2D eigenvalue weighted by Crippen LogP contribution is -2.45. The summed E-state index contributed by atoms with van der Waals surface area (Å²) in [5.41, 5.74) is 0. The van der Waals surface area contributed by atoms with E-state index < -0.39 is 0 Å². The molecule has 2 N–H and O–H groups in total. The van der Waals surface area contributed by atoms with E-state index in [0.717, 1.165) is 32.5 Å². The number of carbonyl (C=O) groups is 1. The summed E-state index contributed by atoms with van der Waals surface area (Å²) in [5.74, 6) is 0.369. The van der Waals surface area contributed by atoms with Crippen LogP contribution in [0.1, 0.15) is 12.8 Å². The van der Waals surface area contributed by atoms with Gasteiger partial charge in [-0.15, -0.1) is 0 Å². The Hall–Kier alpha value is -1.49. The predicted molar refractivity (Wildman–Crippen MR) is 69.2 cm³/mol. The SMILES string of the molecule is O=C(NCCn1cccc1)N1CCC(CO)CC1. The average Bonchev–Trinajstić information content (AvgIpc) is 2.92. The molecule has 1 aliphatic rings. The fourth-order valence-electron chi connectivity index (χ4n) is 2.24. The molecule has 0 radical (unpaired) electrons. The highest BCUT2D eigenvalue weighted by Crippen LogP contribution is 2.15. The van der Waals surface area contributed by atoms with E-state index in [9.17, 15) is 4.79 Å². The minimum atomic E-state index is 0.0125. The van der Waals surface area contributed by atoms with Crippen molar-refractivity contribution in [2.24, 2.45) is 5.92 Å². The van der Waals surface area contributed by atoms with Crippen LogP contribution in [0.3, 0.4) is 0 Å². The van der Waals surface area contributed by atoms with Crippen LogP contribution in [-0.4, -0.2) is 46.8 Å². The standard InChI is InChI=1S/C13H21N3O2/c17-11-12-3-8-16(9-4-12)13(18)14-5-10-15-6-1-2-7-15/h1-2,6-7,12,17H,3-5,8-11H2,(H,14,18). The van der Waals surface area contributed by atoms with Crippen molar-refractivity contribution in [1.82, 2.24) is 14.8 Å². The topological polar surface area (TPSA) is 57.5 Å². The fourth-order valence-corrected chi connectivity index (χ4v) is 2.24. The van der Waals surface area contributed by atoms with Crippen LogP contribution in [0.5, 0.6) is 0 Å². The lowest BCUT2D eigenvalue weighted by atomic mass is 9.98. The van der Waals surface area contributed by atoms with E-state index in [1.807, 2.05) is 34.0 Å². The Morgan fingerprint density at radius 3 is 2.56 bits per heavy atom. The second-order valence-electron chi connectivity index (χ2n) is 4.77. The summed E-state index contributed by atoms with van der Waals surface area (Å²) in [4.78, 5) is 13.7. The van der Waals surface area contributed by atoms with Gasteiger partial charge in [-0.25, -0.2) is 4.79 Å². The molecule has 1 aliphatic heterocycles. The minimum Gasteiger partial charge on any atom is -0.396 e. The van der Waals surface area contributed by atoms with Gasteiger partial charge < -0.3 is 19.9 Å². The number of aromatic nitrogens is 1. The number of amides is 2. The van der Waals surface area contributed by atoms with Crippen LogP contribution >= 0.6 is 0 Å². The molecule has 0 saturated carbocycles. The van der Waals surface area contributed by atoms with E-state index >= 15 is 0 Å². The second-order valence-corrected chi connectivity index (χ2v) is 4.77. The van der Waals surface area contributed by atoms with E-state index in [2.05, 4.69) is 5.32 Å². The van der Waals surface area contributed by atoms with Gasteiger partial charge in [0.15, 0.2) is 0 Å². The number of nitrogens with zero attached hydrogens (tertiary/aromatic N) is 2. The Morgan fingerprint density at radius 1 is 1.28 bits per heavy atom. The van der Waals surface area contributed by atoms with Gasteiger partial charge in [-0.05, 0) is 30.9 Å². The number of piperidine rings is 1. The minimum absolute atomic E-state index is 0.0125. The lowest BCUT2D eigenvalue weighted by Gasteiger charge is -2.31. The Bertz CT molecular complexity index is 356. The largest absolute Gasteiger partial charge is 0.396 e. The third-order valence-corrected chi connectivity index (χ3v) is 3.47. The van der Waals surface area contributed by atoms with Crippen LogP contribution < -0.4 is 5.32 Å². The van der Waals surface area contributed by atoms with Gasteiger partial charge in [-0.1, -0.05) is 0 Å². The van der Waals surface area contributed by atoms with Gasteiger partial charge in [-0.2, -0.15) is 0 Å². The van der Waals surface area contributed by atoms with Crippen molar-refractivity contribution >= 4 is 6.03 Å². The Balaban J connectivity index is 1.66. The molecule has 1 aromatic rings. The van der Waals surface area contributed by atoms with Gasteiger partial charge >= 0.3 is 6.03 Å². The first-order valence-corrected chi connectivity index (χ1v) is 6.54. The predicted octanol–water partition coefficient (Wildman–Crippen LogP) is 0.902. The number of aliphatic hydroxyl groups is 1. The zero-order valence-electron chi connectivity index (χ0n) is 10.6. The maximum atomic E-state index is 11.9. The normalized spacial score (nSPS) is 16.8. The number of likely N-dealkylation sites (tertiary alicyclic amines) is 1. The molecule has 5 heteroatoms. The quantitative estimate of drug-likeness (QED) is 0.835. The van der Waals surface area contributed by atoms with Crippen LogP contribution in [0, 0.1) is 5.92 Å². The first-order chi connectivity index (χ1) is 8.79. The van der Waals surface area contributed by atoms with Gasteiger partial charge in [0.1, 0.15) is 0 Å². The van der Waals surface area contributed by atoms with Crippen molar-refractivity contribution in [1.29, 1.82) is 0 Å². The summed E-state index contributed by atoms with van der Waals surface area (Å²) in [6.45, 7) is 3.18. The maximum absolute atomic E-state index is 11.9. The highest BCUT2D eigenvalue weighted by atomic mass is 16.3. The van der Waals surface area contributed by atoms with Crippen molar-refractivity contribution in [3.63, 3.8) is 0 Å². The number of carbonyl (C=O) groups excluding carboxylic acids is 1. The molecule has 0 aliphatic carbocycles. The molecule has 1 fully saturated rings. The van der Waals surface area contributed by atoms with Crippen molar-refractivity contribution in [2.45, 2.75) is 19.4 Å². The molecule has 0 unspecified atom stereocenters. The van der Waals surface area contributed by atoms with E-state index in [0.29, 0.717) is 12.5 Å². The molecule has 0 spiro atoms. The zero-order valence-corrected chi connectivity index (χ0v) is 10.6. The molecule has 5 nitrogen and oxygen atoms in total. The van der Waals surface area contributed by atoms with Crippen molar-refractivity contribution in [2.75, 3.05) is 26.2 Å². The number of urea groups is 1. The number of rotatable bonds is 4. The Labute approximate surface area is 107 Å². The molecule has 18 heavy (non-hydrogen) atoms. The number of hydrogen-bond acceptors (Lipinski definition) is 2. The highest BCUT2D eigenvalue weighted by molar-refractivity contribution is 5.74. The van der Waals surface area contributed by atoms with E-state index in [1.165, 1.54) is 0 Å². The molecule has 1 saturated heterocycles. The second kappa shape index (κ2) is 6.44. The van der Waals surface area contributed by atoms with Gasteiger partial charge in [-0.3, -0.25) is 0 Å². The molecule has 100 valence electrons. The lowest BCUT2D eigenvalue weighted by molar-refractivity contribution is 0.137. The van der Waals surface area contributed by atoms with E-state index in [-0.39, 0.29) is 12.6 Å². The summed E-state index contributed by atoms with van der Waals surface area (Å²) in [6, 6.07) is 3.96. The molecule has 0 aromatic carbocycles. The van der Waals surface area contributed by atoms with Crippen LogP contribution in [0.15, 0.2) is 24.5 Å². The molecular formula is C13H21N3O2. The van der Waals surface area contributed by atoms with E-state index in [4.69, 9.17) is 5.11 Å². The van der Waals surface area contributed by atoms with Crippen LogP contribution in [0.4, 0.5) is 4.79 Å². The van der Waals surface area contributed by atoms with Crippen LogP contribution in [-0.2, 0) is 6.54 Å². The van der Waals surface area contributed by atoms with Gasteiger partial charge in [0, 0.05) is 45.2 Å². The third kappa shape index (κ3) is 3.50. The molecule has 2 amide bonds. The summed E-state index contributed by atoms with van der Waals surface area (Å²) in [6.07, 6.45) is 5.78. The van der Waals surface area contributed by atoms with Gasteiger partial charge in [0.25, 0.3) is 0 Å². The smallest absolute Gasteiger partial charge is 0.317 e. The van der Waals surface area contributed by atoms with Gasteiger partial charge in [0.2, 0.25) is 0 Å². The van der Waals surface area contributed by atoms with Crippen molar-refractivity contribution in [3.8, 4) is 0 Å². The summed E-state index contributed by atoms with van der Waals surface area (Å²) < 4.78 is 2.04. The molecular weight excluding hydrogens is 230 g/mol. The Morgan fingerprint density at radius 2 is 1.94 bits per heavy atom. The fraction of sp³-hybridized carbons (Fsp3) is 0.615. The Kier molecular flexibility index (Phi) is 4.64. The van der Waals surface area contributed by atoms with Gasteiger partial charge in [0.05, 0.1) is 0 Å².